The van der Waals surface area contributed by atoms with Gasteiger partial charge in [-0.3, -0.25) is 9.36 Å². The number of amides is 1. The van der Waals surface area contributed by atoms with Crippen LogP contribution in [-0.2, 0) is 16.6 Å². The minimum absolute atomic E-state index is 0.0198. The van der Waals surface area contributed by atoms with E-state index in [1.807, 2.05) is 24.6 Å². The molecule has 0 unspecified atom stereocenters. The van der Waals surface area contributed by atoms with Gasteiger partial charge in [-0.1, -0.05) is 0 Å². The first-order valence-electron chi connectivity index (χ1n) is 10.9. The first-order valence-corrected chi connectivity index (χ1v) is 10.9. The van der Waals surface area contributed by atoms with Gasteiger partial charge in [-0.2, -0.15) is 10.2 Å². The van der Waals surface area contributed by atoms with Crippen molar-refractivity contribution in [1.29, 1.82) is 5.26 Å². The summed E-state index contributed by atoms with van der Waals surface area (Å²) in [5, 5.41) is 12.4. The van der Waals surface area contributed by atoms with E-state index in [0.717, 1.165) is 36.7 Å². The van der Waals surface area contributed by atoms with Crippen LogP contribution in [0.1, 0.15) is 69.4 Å². The number of fused-ring (bicyclic) bond motifs is 1. The molecule has 30 heavy (non-hydrogen) atoms. The zero-order valence-corrected chi connectivity index (χ0v) is 18.0. The molecule has 4 rings (SSSR count). The second-order valence-electron chi connectivity index (χ2n) is 8.73. The van der Waals surface area contributed by atoms with Gasteiger partial charge in [-0.15, -0.1) is 0 Å². The summed E-state index contributed by atoms with van der Waals surface area (Å²) in [5.41, 5.74) is 3.56. The quantitative estimate of drug-likeness (QED) is 0.754. The molecular weight excluding hydrogens is 380 g/mol. The third-order valence-corrected chi connectivity index (χ3v) is 6.06. The van der Waals surface area contributed by atoms with Crippen LogP contribution in [0.3, 0.4) is 0 Å². The fourth-order valence-electron chi connectivity index (χ4n) is 4.27. The van der Waals surface area contributed by atoms with Gasteiger partial charge >= 0.3 is 0 Å². The highest BCUT2D eigenvalue weighted by atomic mass is 16.5. The van der Waals surface area contributed by atoms with E-state index in [4.69, 9.17) is 9.47 Å². The molecule has 1 aromatic carbocycles. The molecule has 1 N–H and O–H groups in total. The van der Waals surface area contributed by atoms with Crippen LogP contribution in [0, 0.1) is 11.3 Å². The predicted octanol–water partition coefficient (Wildman–Crippen LogP) is 3.55. The predicted molar refractivity (Wildman–Crippen MR) is 113 cm³/mol. The normalized spacial score (nSPS) is 22.5. The minimum Gasteiger partial charge on any atom is -0.461 e. The average Bonchev–Trinajstić information content (AvgIpc) is 3.52. The zero-order valence-electron chi connectivity index (χ0n) is 18.0. The average molecular weight is 411 g/mol. The van der Waals surface area contributed by atoms with Crippen molar-refractivity contribution in [2.24, 2.45) is 7.05 Å². The summed E-state index contributed by atoms with van der Waals surface area (Å²) in [6, 6.07) is 7.05. The number of hydrogen-bond acceptors (Lipinski definition) is 5. The molecule has 0 aliphatic heterocycles. The van der Waals surface area contributed by atoms with Crippen molar-refractivity contribution in [1.82, 2.24) is 14.9 Å². The van der Waals surface area contributed by atoms with Gasteiger partial charge in [-0.25, -0.2) is 0 Å². The molecule has 2 aromatic rings. The smallest absolute Gasteiger partial charge is 0.297 e. The fraction of sp³-hybridized carbons (Fsp3) is 0.609. The number of carbonyl (C=O) groups is 1. The standard InChI is InChI=1S/C23H30N4O3/c1-14(25-15(2)28)13-29-19-6-8-20(9-7-19)30-23-26-22-18(12-24)10-17(16-4-5-16)11-21(22)27(23)3/h10-11,14,16,19-20H,4-9,13H2,1-3H3,(H,25,28)/t14-,19-,20-/m0/s1. The summed E-state index contributed by atoms with van der Waals surface area (Å²) in [5.74, 6) is 0.555. The molecule has 7 nitrogen and oxygen atoms in total. The molecule has 0 radical (unpaired) electrons. The maximum absolute atomic E-state index is 11.1. The Balaban J connectivity index is 1.37. The number of imidazole rings is 1. The van der Waals surface area contributed by atoms with E-state index in [1.54, 1.807) is 0 Å². The lowest BCUT2D eigenvalue weighted by Gasteiger charge is -2.29. The SMILES string of the molecule is CC(=O)N[C@@H](C)CO[C@H]1CC[C@H](Oc2nc3c(C#N)cc(C4CC4)cc3n2C)CC1. The van der Waals surface area contributed by atoms with Crippen molar-refractivity contribution in [3.63, 3.8) is 0 Å². The van der Waals surface area contributed by atoms with Gasteiger partial charge in [-0.05, 0) is 69.1 Å². The molecule has 2 saturated carbocycles. The second-order valence-corrected chi connectivity index (χ2v) is 8.73. The van der Waals surface area contributed by atoms with Gasteiger partial charge in [0.05, 0.1) is 23.8 Å². The van der Waals surface area contributed by atoms with E-state index < -0.39 is 0 Å². The highest BCUT2D eigenvalue weighted by molar-refractivity contribution is 5.84. The third-order valence-electron chi connectivity index (χ3n) is 6.06. The van der Waals surface area contributed by atoms with E-state index in [9.17, 15) is 10.1 Å². The van der Waals surface area contributed by atoms with Crippen molar-refractivity contribution in [2.45, 2.75) is 76.5 Å². The maximum atomic E-state index is 11.1. The van der Waals surface area contributed by atoms with Crippen molar-refractivity contribution in [2.75, 3.05) is 6.61 Å². The Hall–Kier alpha value is -2.59. The van der Waals surface area contributed by atoms with E-state index in [-0.39, 0.29) is 24.2 Å². The Morgan fingerprint density at radius 3 is 2.60 bits per heavy atom. The summed E-state index contributed by atoms with van der Waals surface area (Å²) in [4.78, 5) is 15.8. The number of rotatable bonds is 7. The minimum atomic E-state index is -0.0329. The Kier molecular flexibility index (Phi) is 5.96. The molecule has 160 valence electrons. The van der Waals surface area contributed by atoms with Gasteiger partial charge in [0.1, 0.15) is 17.7 Å². The van der Waals surface area contributed by atoms with Gasteiger partial charge in [0.2, 0.25) is 5.91 Å². The first-order chi connectivity index (χ1) is 14.4. The van der Waals surface area contributed by atoms with Crippen LogP contribution in [0.4, 0.5) is 0 Å². The zero-order chi connectivity index (χ0) is 21.3. The van der Waals surface area contributed by atoms with E-state index in [0.29, 0.717) is 24.1 Å². The molecular formula is C23H30N4O3. The summed E-state index contributed by atoms with van der Waals surface area (Å²) in [6.45, 7) is 4.00. The molecule has 2 aliphatic rings. The van der Waals surface area contributed by atoms with Gasteiger partial charge in [0, 0.05) is 20.0 Å². The molecule has 2 aliphatic carbocycles. The molecule has 2 fully saturated rings. The Labute approximate surface area is 177 Å². The topological polar surface area (TPSA) is 89.2 Å². The summed E-state index contributed by atoms with van der Waals surface area (Å²) in [6.07, 6.45) is 6.36. The van der Waals surface area contributed by atoms with Crippen LogP contribution in [0.2, 0.25) is 0 Å². The lowest BCUT2D eigenvalue weighted by atomic mass is 9.95. The van der Waals surface area contributed by atoms with Gasteiger partial charge in [0.25, 0.3) is 6.01 Å². The number of hydrogen-bond donors (Lipinski definition) is 1. The number of ether oxygens (including phenoxy) is 2. The van der Waals surface area contributed by atoms with Gasteiger partial charge in [0.15, 0.2) is 0 Å². The largest absolute Gasteiger partial charge is 0.461 e. The van der Waals surface area contributed by atoms with E-state index >= 15 is 0 Å². The highest BCUT2D eigenvalue weighted by Crippen LogP contribution is 2.42. The van der Waals surface area contributed by atoms with Crippen molar-refractivity contribution in [3.05, 3.63) is 23.3 Å². The molecule has 7 heteroatoms. The lowest BCUT2D eigenvalue weighted by molar-refractivity contribution is -0.120. The molecule has 0 bridgehead atoms. The molecule has 1 heterocycles. The van der Waals surface area contributed by atoms with Crippen LogP contribution >= 0.6 is 0 Å². The number of aromatic nitrogens is 2. The number of nitrogens with zero attached hydrogens (tertiary/aromatic N) is 3. The fourth-order valence-corrected chi connectivity index (χ4v) is 4.27. The number of benzene rings is 1. The summed E-state index contributed by atoms with van der Waals surface area (Å²) in [7, 11) is 1.96. The van der Waals surface area contributed by atoms with Crippen LogP contribution in [-0.4, -0.2) is 40.3 Å². The van der Waals surface area contributed by atoms with Crippen LogP contribution in [0.25, 0.3) is 11.0 Å². The number of nitriles is 1. The number of aryl methyl sites for hydroxylation is 1. The summed E-state index contributed by atoms with van der Waals surface area (Å²) < 4.78 is 14.2. The monoisotopic (exact) mass is 410 g/mol. The van der Waals surface area contributed by atoms with Gasteiger partial charge < -0.3 is 14.8 Å². The Morgan fingerprint density at radius 1 is 1.27 bits per heavy atom. The highest BCUT2D eigenvalue weighted by Gasteiger charge is 2.28. The van der Waals surface area contributed by atoms with Crippen molar-refractivity contribution >= 4 is 16.9 Å². The number of nitrogens with one attached hydrogen (secondary N) is 1. The van der Waals surface area contributed by atoms with E-state index in [1.165, 1.54) is 25.3 Å². The Bertz CT molecular complexity index is 965. The maximum Gasteiger partial charge on any atom is 0.297 e. The molecule has 0 spiro atoms. The van der Waals surface area contributed by atoms with Crippen LogP contribution in [0.15, 0.2) is 12.1 Å². The molecule has 1 aromatic heterocycles. The van der Waals surface area contributed by atoms with Crippen LogP contribution < -0.4 is 10.1 Å². The Morgan fingerprint density at radius 2 is 1.97 bits per heavy atom. The molecule has 0 saturated heterocycles. The van der Waals surface area contributed by atoms with E-state index in [2.05, 4.69) is 22.4 Å². The molecule has 1 amide bonds. The third kappa shape index (κ3) is 4.59. The first kappa shape index (κ1) is 20.7. The number of carbonyl (C=O) groups excluding carboxylic acids is 1. The van der Waals surface area contributed by atoms with Crippen molar-refractivity contribution < 1.29 is 14.3 Å². The van der Waals surface area contributed by atoms with Crippen molar-refractivity contribution in [3.8, 4) is 12.1 Å². The summed E-state index contributed by atoms with van der Waals surface area (Å²) >= 11 is 0. The second kappa shape index (κ2) is 8.65. The lowest BCUT2D eigenvalue weighted by Crippen LogP contribution is -2.37. The molecule has 1 atom stereocenters. The van der Waals surface area contributed by atoms with Crippen LogP contribution in [0.5, 0.6) is 6.01 Å².